The van der Waals surface area contributed by atoms with Crippen molar-refractivity contribution in [3.63, 3.8) is 0 Å². The molecule has 6 rings (SSSR count). The van der Waals surface area contributed by atoms with Crippen LogP contribution in [0.25, 0.3) is 47.6 Å². The fourth-order valence-electron chi connectivity index (χ4n) is 5.76. The maximum Gasteiger partial charge on any atom is 0.346 e. The average Bonchev–Trinajstić information content (AvgIpc) is 3.22. The van der Waals surface area contributed by atoms with E-state index in [1.807, 2.05) is 66.8 Å². The third-order valence-corrected chi connectivity index (χ3v) is 8.67. The molecule has 7 nitrogen and oxygen atoms in total. The molecule has 2 N–H and O–H groups in total. The molecule has 0 atom stereocenters. The topological polar surface area (TPSA) is 125 Å². The molecular weight excluding hydrogens is 683 g/mol. The lowest BCUT2D eigenvalue weighted by atomic mass is 10.0. The molecule has 6 aromatic carbocycles. The highest BCUT2D eigenvalue weighted by atomic mass is 16.4. The summed E-state index contributed by atoms with van der Waals surface area (Å²) in [5, 5.41) is 36.3. The van der Waals surface area contributed by atoms with E-state index in [-0.39, 0.29) is 11.1 Å². The molecule has 0 saturated carbocycles. The monoisotopic (exact) mass is 715 g/mol. The molecule has 6 aromatic rings. The first-order valence-electron chi connectivity index (χ1n) is 17.2. The predicted molar refractivity (Wildman–Crippen MR) is 220 cm³/mol. The van der Waals surface area contributed by atoms with Gasteiger partial charge in [0.2, 0.25) is 0 Å². The van der Waals surface area contributed by atoms with Gasteiger partial charge in [-0.15, -0.1) is 0 Å². The zero-order valence-electron chi connectivity index (χ0n) is 29.5. The van der Waals surface area contributed by atoms with Crippen LogP contribution in [0.5, 0.6) is 0 Å². The highest BCUT2D eigenvalue weighted by Crippen LogP contribution is 2.36. The molecule has 0 radical (unpaired) electrons. The molecule has 0 unspecified atom stereocenters. The largest absolute Gasteiger partial charge is 0.477 e. The van der Waals surface area contributed by atoms with Crippen LogP contribution in [0.4, 0.5) is 17.1 Å². The number of anilines is 3. The van der Waals surface area contributed by atoms with E-state index in [4.69, 9.17) is 20.7 Å². The third-order valence-electron chi connectivity index (χ3n) is 8.67. The molecule has 55 heavy (non-hydrogen) atoms. The predicted octanol–water partition coefficient (Wildman–Crippen LogP) is 11.1. The van der Waals surface area contributed by atoms with Crippen LogP contribution in [0.1, 0.15) is 33.4 Å². The standard InChI is InChI=1S/C48H33N3O4/c49-32-42(47(52)53)30-38-14-10-34(11-15-38)6-8-36-18-24-44(25-19-36)51(46-28-22-41(23-29-46)40-4-2-1-3-5-40)45-26-20-37(21-27-45)9-7-35-12-16-39(17-13-35)31-43(33-50)48(54)55/h1-31H,(H,52,53)(H,54,55)/b8-6+,9-7+,42-30+,43-31+. The van der Waals surface area contributed by atoms with Crippen molar-refractivity contribution in [1.82, 2.24) is 0 Å². The highest BCUT2D eigenvalue weighted by Gasteiger charge is 2.13. The third kappa shape index (κ3) is 9.66. The van der Waals surface area contributed by atoms with E-state index in [9.17, 15) is 9.59 Å². The Bertz CT molecular complexity index is 2360. The highest BCUT2D eigenvalue weighted by molar-refractivity contribution is 5.97. The second-order valence-electron chi connectivity index (χ2n) is 12.4. The van der Waals surface area contributed by atoms with Gasteiger partial charge in [0, 0.05) is 17.1 Å². The Balaban J connectivity index is 1.23. The number of aliphatic carboxylic acids is 2. The molecule has 264 valence electrons. The number of hydrogen-bond donors (Lipinski definition) is 2. The van der Waals surface area contributed by atoms with Gasteiger partial charge in [0.05, 0.1) is 0 Å². The van der Waals surface area contributed by atoms with Crippen LogP contribution >= 0.6 is 0 Å². The van der Waals surface area contributed by atoms with Crippen molar-refractivity contribution in [1.29, 1.82) is 10.5 Å². The number of nitriles is 2. The molecule has 0 aromatic heterocycles. The molecule has 0 heterocycles. The van der Waals surface area contributed by atoms with Crippen molar-refractivity contribution in [3.8, 4) is 23.3 Å². The van der Waals surface area contributed by atoms with Crippen molar-refractivity contribution in [2.45, 2.75) is 0 Å². The first kappa shape index (κ1) is 36.8. The zero-order valence-corrected chi connectivity index (χ0v) is 29.5. The smallest absolute Gasteiger partial charge is 0.346 e. The van der Waals surface area contributed by atoms with E-state index in [0.717, 1.165) is 50.4 Å². The summed E-state index contributed by atoms with van der Waals surface area (Å²) in [6.07, 6.45) is 10.7. The second-order valence-corrected chi connectivity index (χ2v) is 12.4. The molecule has 0 aliphatic rings. The lowest BCUT2D eigenvalue weighted by Gasteiger charge is -2.26. The van der Waals surface area contributed by atoms with Gasteiger partial charge < -0.3 is 15.1 Å². The van der Waals surface area contributed by atoms with Gasteiger partial charge in [-0.1, -0.05) is 140 Å². The summed E-state index contributed by atoms with van der Waals surface area (Å²) in [7, 11) is 0. The number of carbonyl (C=O) groups is 2. The van der Waals surface area contributed by atoms with Gasteiger partial charge in [0.15, 0.2) is 0 Å². The van der Waals surface area contributed by atoms with Gasteiger partial charge in [0.1, 0.15) is 23.3 Å². The summed E-state index contributed by atoms with van der Waals surface area (Å²) in [6, 6.07) is 53.3. The number of benzene rings is 6. The summed E-state index contributed by atoms with van der Waals surface area (Å²) in [4.78, 5) is 24.5. The van der Waals surface area contributed by atoms with Gasteiger partial charge in [-0.25, -0.2) is 9.59 Å². The Morgan fingerprint density at radius 3 is 1.04 bits per heavy atom. The van der Waals surface area contributed by atoms with Gasteiger partial charge in [0.25, 0.3) is 0 Å². The van der Waals surface area contributed by atoms with Crippen LogP contribution in [0, 0.1) is 22.7 Å². The van der Waals surface area contributed by atoms with E-state index >= 15 is 0 Å². The molecule has 0 saturated heterocycles. The minimum atomic E-state index is -1.25. The van der Waals surface area contributed by atoms with Crippen LogP contribution in [0.3, 0.4) is 0 Å². The summed E-state index contributed by atoms with van der Waals surface area (Å²) >= 11 is 0. The van der Waals surface area contributed by atoms with Gasteiger partial charge in [-0.3, -0.25) is 0 Å². The van der Waals surface area contributed by atoms with E-state index in [2.05, 4.69) is 89.8 Å². The lowest BCUT2D eigenvalue weighted by molar-refractivity contribution is -0.133. The van der Waals surface area contributed by atoms with E-state index in [0.29, 0.717) is 11.1 Å². The maximum absolute atomic E-state index is 11.2. The molecule has 0 aliphatic heterocycles. The van der Waals surface area contributed by atoms with Crippen LogP contribution in [-0.2, 0) is 9.59 Å². The normalized spacial score (nSPS) is 11.6. The van der Waals surface area contributed by atoms with Gasteiger partial charge in [-0.2, -0.15) is 10.5 Å². The van der Waals surface area contributed by atoms with Crippen molar-refractivity contribution in [2.75, 3.05) is 4.90 Å². The SMILES string of the molecule is N#C/C(=C\c1ccc(/C=C/c2ccc(N(c3ccc(/C=C/c4ccc(/C=C(\C#N)C(=O)O)cc4)cc3)c3ccc(-c4ccccc4)cc3)cc2)cc1)C(=O)O. The van der Waals surface area contributed by atoms with Gasteiger partial charge in [-0.05, 0) is 93.1 Å². The Morgan fingerprint density at radius 1 is 0.418 bits per heavy atom. The zero-order chi connectivity index (χ0) is 38.6. The van der Waals surface area contributed by atoms with Crippen LogP contribution in [0.15, 0.2) is 163 Å². The van der Waals surface area contributed by atoms with E-state index < -0.39 is 11.9 Å². The van der Waals surface area contributed by atoms with Crippen LogP contribution in [0.2, 0.25) is 0 Å². The first-order chi connectivity index (χ1) is 26.8. The summed E-state index contributed by atoms with van der Waals surface area (Å²) in [5.41, 5.74) is 9.73. The molecule has 0 aliphatic carbocycles. The fourth-order valence-corrected chi connectivity index (χ4v) is 5.76. The van der Waals surface area contributed by atoms with Crippen molar-refractivity contribution < 1.29 is 19.8 Å². The Morgan fingerprint density at radius 2 is 0.709 bits per heavy atom. The quantitative estimate of drug-likeness (QED) is 0.0734. The van der Waals surface area contributed by atoms with Crippen LogP contribution in [-0.4, -0.2) is 22.2 Å². The first-order valence-corrected chi connectivity index (χ1v) is 17.2. The molecule has 0 spiro atoms. The lowest BCUT2D eigenvalue weighted by Crippen LogP contribution is -2.09. The average molecular weight is 716 g/mol. The number of hydrogen-bond acceptors (Lipinski definition) is 5. The Hall–Kier alpha value is -8.00. The number of carboxylic acid groups (broad SMARTS) is 2. The fraction of sp³-hybridized carbons (Fsp3) is 0. The summed E-state index contributed by atoms with van der Waals surface area (Å²) < 4.78 is 0. The molecule has 0 amide bonds. The van der Waals surface area contributed by atoms with Crippen molar-refractivity contribution in [3.05, 3.63) is 196 Å². The van der Waals surface area contributed by atoms with E-state index in [1.54, 1.807) is 36.4 Å². The molecule has 0 bridgehead atoms. The van der Waals surface area contributed by atoms with Crippen molar-refractivity contribution in [2.24, 2.45) is 0 Å². The molecule has 0 fully saturated rings. The number of nitrogens with zero attached hydrogens (tertiary/aromatic N) is 3. The molecular formula is C48H33N3O4. The Labute approximate surface area is 319 Å². The summed E-state index contributed by atoms with van der Waals surface area (Å²) in [6.45, 7) is 0. The van der Waals surface area contributed by atoms with Crippen LogP contribution < -0.4 is 4.90 Å². The second kappa shape index (κ2) is 17.5. The van der Waals surface area contributed by atoms with Crippen molar-refractivity contribution >= 4 is 65.5 Å². The van der Waals surface area contributed by atoms with E-state index in [1.165, 1.54) is 12.2 Å². The van der Waals surface area contributed by atoms with Gasteiger partial charge >= 0.3 is 11.9 Å². The minimum absolute atomic E-state index is 0.316. The molecule has 7 heteroatoms. The number of carboxylic acids is 2. The number of rotatable bonds is 12. The maximum atomic E-state index is 11.2. The summed E-state index contributed by atoms with van der Waals surface area (Å²) in [5.74, 6) is -2.51. The minimum Gasteiger partial charge on any atom is -0.477 e. The Kier molecular flexibility index (Phi) is 11.7.